The summed E-state index contributed by atoms with van der Waals surface area (Å²) in [5.41, 5.74) is 5.40. The van der Waals surface area contributed by atoms with Gasteiger partial charge in [0.05, 0.1) is 13.2 Å². The lowest BCUT2D eigenvalue weighted by atomic mass is 10.0. The first-order valence-corrected chi connectivity index (χ1v) is 41.6. The van der Waals surface area contributed by atoms with Crippen LogP contribution in [0.4, 0.5) is 0 Å². The summed E-state index contributed by atoms with van der Waals surface area (Å²) in [7, 11) is -4.73. The van der Waals surface area contributed by atoms with Crippen LogP contribution in [-0.2, 0) is 37.5 Å². The molecule has 0 bridgehead atoms. The molecule has 536 valence electrons. The van der Waals surface area contributed by atoms with Gasteiger partial charge < -0.3 is 25.2 Å². The van der Waals surface area contributed by atoms with Crippen LogP contribution < -0.4 is 5.73 Å². The number of hydrogen-bond donors (Lipinski definition) is 3. The van der Waals surface area contributed by atoms with Crippen molar-refractivity contribution in [2.45, 2.75) is 463 Å². The van der Waals surface area contributed by atoms with E-state index in [4.69, 9.17) is 29.4 Å². The first-order valence-electron chi connectivity index (χ1n) is 40.1. The van der Waals surface area contributed by atoms with Gasteiger partial charge in [-0.05, 0) is 12.8 Å². The Hall–Kier alpha value is -1.52. The average Bonchev–Trinajstić information content (AvgIpc) is 3.65. The van der Waals surface area contributed by atoms with Crippen molar-refractivity contribution < 1.29 is 47.5 Å². The lowest BCUT2D eigenvalue weighted by molar-refractivity contribution is -0.161. The van der Waals surface area contributed by atoms with E-state index < -0.39 is 51.1 Å². The minimum absolute atomic E-state index is 0.171. The van der Waals surface area contributed by atoms with Crippen LogP contribution in [0.15, 0.2) is 0 Å². The highest BCUT2D eigenvalue weighted by Gasteiger charge is 2.28. The highest BCUT2D eigenvalue weighted by molar-refractivity contribution is 7.47. The van der Waals surface area contributed by atoms with E-state index in [9.17, 15) is 23.8 Å². The number of carbonyl (C=O) groups is 3. The molecule has 0 spiro atoms. The topological polar surface area (TPSA) is 172 Å². The summed E-state index contributed by atoms with van der Waals surface area (Å²) in [4.78, 5) is 46.7. The van der Waals surface area contributed by atoms with Crippen LogP contribution >= 0.6 is 7.82 Å². The zero-order chi connectivity index (χ0) is 65.4. The maximum absolute atomic E-state index is 12.8. The van der Waals surface area contributed by atoms with E-state index in [0.717, 1.165) is 38.5 Å². The van der Waals surface area contributed by atoms with Gasteiger partial charge in [-0.25, -0.2) is 4.57 Å². The summed E-state index contributed by atoms with van der Waals surface area (Å²) >= 11 is 0. The van der Waals surface area contributed by atoms with Crippen molar-refractivity contribution in [2.24, 2.45) is 5.73 Å². The molecule has 0 rings (SSSR count). The predicted octanol–water partition coefficient (Wildman–Crippen LogP) is 25.6. The standard InChI is InChI=1S/C78H154NO10P/c1-3-5-7-9-11-13-15-17-19-21-23-25-27-29-31-33-35-37-39-41-43-45-47-49-51-53-55-57-59-61-63-65-67-69-76(80)86-71-74(72-87-90(84,85)88-73-75(79)78(82)83)89-77(81)70-68-66-64-62-60-58-56-54-52-50-48-46-44-42-40-38-36-34-32-30-28-26-24-22-20-18-16-14-12-10-8-6-4-2/h74-75H,3-73,79H2,1-2H3,(H,82,83)(H,84,85)/t74-,75+/m1/s1. The van der Waals surface area contributed by atoms with Crippen molar-refractivity contribution in [3.8, 4) is 0 Å². The second-order valence-corrected chi connectivity index (χ2v) is 29.4. The van der Waals surface area contributed by atoms with Crippen LogP contribution in [0.1, 0.15) is 450 Å². The van der Waals surface area contributed by atoms with E-state index >= 15 is 0 Å². The highest BCUT2D eigenvalue weighted by Crippen LogP contribution is 2.43. The van der Waals surface area contributed by atoms with Crippen LogP contribution in [-0.4, -0.2) is 59.9 Å². The zero-order valence-corrected chi connectivity index (χ0v) is 60.9. The van der Waals surface area contributed by atoms with E-state index in [1.54, 1.807) is 0 Å². The van der Waals surface area contributed by atoms with Gasteiger partial charge in [-0.2, -0.15) is 0 Å². The third kappa shape index (κ3) is 72.3. The Labute approximate surface area is 558 Å². The molecule has 0 aliphatic carbocycles. The molecule has 11 nitrogen and oxygen atoms in total. The number of nitrogens with two attached hydrogens (primary N) is 1. The van der Waals surface area contributed by atoms with Crippen molar-refractivity contribution in [3.63, 3.8) is 0 Å². The predicted molar refractivity (Wildman–Crippen MR) is 383 cm³/mol. The molecule has 1 unspecified atom stereocenters. The fourth-order valence-corrected chi connectivity index (χ4v) is 13.5. The van der Waals surface area contributed by atoms with Crippen LogP contribution in [0.3, 0.4) is 0 Å². The Balaban J connectivity index is 3.88. The SMILES string of the molecule is CCCCCCCCCCCCCCCCCCCCCCCCCCCCCCCCCCCC(=O)OC[C@H](COP(=O)(O)OC[C@H](N)C(=O)O)OC(=O)CCCCCCCCCCCCCCCCCCCCCCCCCCCCCCCCCCC. The molecule has 0 saturated heterocycles. The maximum Gasteiger partial charge on any atom is 0.472 e. The van der Waals surface area contributed by atoms with Crippen LogP contribution in [0.2, 0.25) is 0 Å². The number of ether oxygens (including phenoxy) is 2. The lowest BCUT2D eigenvalue weighted by Crippen LogP contribution is -2.34. The van der Waals surface area contributed by atoms with Gasteiger partial charge in [0.2, 0.25) is 0 Å². The molecule has 4 N–H and O–H groups in total. The summed E-state index contributed by atoms with van der Waals surface area (Å²) in [5, 5.41) is 9.00. The molecule has 0 aromatic carbocycles. The third-order valence-electron chi connectivity index (χ3n) is 18.9. The summed E-state index contributed by atoms with van der Waals surface area (Å²) < 4.78 is 33.2. The average molecular weight is 1300 g/mol. The number of carboxylic acids is 1. The van der Waals surface area contributed by atoms with Gasteiger partial charge in [-0.3, -0.25) is 23.4 Å². The second-order valence-electron chi connectivity index (χ2n) is 27.9. The van der Waals surface area contributed by atoms with E-state index in [-0.39, 0.29) is 19.4 Å². The summed E-state index contributed by atoms with van der Waals surface area (Å²) in [6.45, 7) is 2.94. The Morgan fingerprint density at radius 1 is 0.300 bits per heavy atom. The first kappa shape index (κ1) is 88.5. The smallest absolute Gasteiger partial charge is 0.472 e. The Bertz CT molecular complexity index is 1520. The number of phosphoric acid groups is 1. The third-order valence-corrected chi connectivity index (χ3v) is 19.8. The molecule has 0 fully saturated rings. The molecular formula is C78H154NO10P. The van der Waals surface area contributed by atoms with Gasteiger partial charge in [0.15, 0.2) is 6.10 Å². The number of rotatable bonds is 78. The molecule has 0 saturated carbocycles. The van der Waals surface area contributed by atoms with Gasteiger partial charge in [0.25, 0.3) is 0 Å². The molecule has 0 amide bonds. The molecule has 0 aliphatic rings. The molecule has 0 radical (unpaired) electrons. The number of aliphatic carboxylic acids is 1. The number of carbonyl (C=O) groups excluding carboxylic acids is 2. The minimum atomic E-state index is -4.73. The fourth-order valence-electron chi connectivity index (χ4n) is 12.7. The summed E-state index contributed by atoms with van der Waals surface area (Å²) in [6, 6.07) is -1.52. The Kier molecular flexibility index (Phi) is 72.1. The highest BCUT2D eigenvalue weighted by atomic mass is 31.2. The monoisotopic (exact) mass is 1300 g/mol. The van der Waals surface area contributed by atoms with E-state index in [1.165, 1.54) is 372 Å². The minimum Gasteiger partial charge on any atom is -0.480 e. The number of esters is 2. The van der Waals surface area contributed by atoms with Crippen molar-refractivity contribution in [1.82, 2.24) is 0 Å². The molecule has 0 aromatic rings. The van der Waals surface area contributed by atoms with Gasteiger partial charge in [0.1, 0.15) is 12.6 Å². The van der Waals surface area contributed by atoms with Crippen molar-refractivity contribution >= 4 is 25.7 Å². The normalized spacial score (nSPS) is 13.0. The number of carboxylic acid groups (broad SMARTS) is 1. The van der Waals surface area contributed by atoms with Gasteiger partial charge in [-0.1, -0.05) is 425 Å². The largest absolute Gasteiger partial charge is 0.480 e. The second kappa shape index (κ2) is 73.3. The number of phosphoric ester groups is 1. The van der Waals surface area contributed by atoms with Crippen LogP contribution in [0.5, 0.6) is 0 Å². The Morgan fingerprint density at radius 2 is 0.489 bits per heavy atom. The van der Waals surface area contributed by atoms with Gasteiger partial charge in [0, 0.05) is 12.8 Å². The van der Waals surface area contributed by atoms with Crippen molar-refractivity contribution in [1.29, 1.82) is 0 Å². The summed E-state index contributed by atoms with van der Waals surface area (Å²) in [6.07, 6.45) is 88.3. The molecule has 3 atom stereocenters. The van der Waals surface area contributed by atoms with E-state index in [1.807, 2.05) is 0 Å². The van der Waals surface area contributed by atoms with Gasteiger partial charge in [-0.15, -0.1) is 0 Å². The van der Waals surface area contributed by atoms with Crippen LogP contribution in [0.25, 0.3) is 0 Å². The number of hydrogen-bond acceptors (Lipinski definition) is 9. The van der Waals surface area contributed by atoms with E-state index in [0.29, 0.717) is 12.8 Å². The molecule has 0 heterocycles. The van der Waals surface area contributed by atoms with Crippen LogP contribution in [0, 0.1) is 0 Å². The van der Waals surface area contributed by atoms with E-state index in [2.05, 4.69) is 13.8 Å². The van der Waals surface area contributed by atoms with Crippen molar-refractivity contribution in [2.75, 3.05) is 19.8 Å². The molecule has 12 heteroatoms. The quantitative estimate of drug-likeness (QED) is 0.0301. The Morgan fingerprint density at radius 3 is 0.700 bits per heavy atom. The summed E-state index contributed by atoms with van der Waals surface area (Å²) in [5.74, 6) is -2.33. The van der Waals surface area contributed by atoms with Crippen molar-refractivity contribution in [3.05, 3.63) is 0 Å². The maximum atomic E-state index is 12.8. The molecule has 90 heavy (non-hydrogen) atoms. The fraction of sp³-hybridized carbons (Fsp3) is 0.962. The molecular weight excluding hydrogens is 1140 g/mol. The number of unbranched alkanes of at least 4 members (excludes halogenated alkanes) is 64. The first-order chi connectivity index (χ1) is 44.1. The van der Waals surface area contributed by atoms with Gasteiger partial charge >= 0.3 is 25.7 Å². The molecule has 0 aliphatic heterocycles. The lowest BCUT2D eigenvalue weighted by Gasteiger charge is -2.20. The zero-order valence-electron chi connectivity index (χ0n) is 60.0. The molecule has 0 aromatic heterocycles.